The van der Waals surface area contributed by atoms with E-state index >= 15 is 0 Å². The van der Waals surface area contributed by atoms with Crippen molar-refractivity contribution in [2.24, 2.45) is 0 Å². The Hall–Kier alpha value is -0.120. The Morgan fingerprint density at radius 2 is 1.87 bits per heavy atom. The van der Waals surface area contributed by atoms with Crippen LogP contribution in [0.15, 0.2) is 0 Å². The van der Waals surface area contributed by atoms with E-state index < -0.39 is 0 Å². The van der Waals surface area contributed by atoms with Gasteiger partial charge in [-0.25, -0.2) is 0 Å². The Balaban J connectivity index is 2.09. The summed E-state index contributed by atoms with van der Waals surface area (Å²) in [6.07, 6.45) is 4.67. The van der Waals surface area contributed by atoms with Crippen molar-refractivity contribution in [2.45, 2.75) is 45.8 Å². The first-order valence-electron chi connectivity index (χ1n) is 6.32. The standard InChI is InChI=1S/C12H25NO2/c1-3-5-8-13(4-2)9-7-12-14-10-6-11-15-12/h12H,3-11H2,1-2H3. The highest BCUT2D eigenvalue weighted by molar-refractivity contribution is 4.59. The van der Waals surface area contributed by atoms with Gasteiger partial charge in [0, 0.05) is 13.0 Å². The molecule has 1 saturated heterocycles. The van der Waals surface area contributed by atoms with Gasteiger partial charge in [0.1, 0.15) is 0 Å². The zero-order valence-electron chi connectivity index (χ0n) is 10.2. The quantitative estimate of drug-likeness (QED) is 0.650. The lowest BCUT2D eigenvalue weighted by Crippen LogP contribution is -2.32. The van der Waals surface area contributed by atoms with E-state index in [1.54, 1.807) is 0 Å². The normalized spacial score (nSPS) is 18.6. The number of hydrogen-bond donors (Lipinski definition) is 0. The Kier molecular flexibility index (Phi) is 6.98. The van der Waals surface area contributed by atoms with Crippen molar-refractivity contribution in [3.8, 4) is 0 Å². The van der Waals surface area contributed by atoms with Gasteiger partial charge in [-0.15, -0.1) is 0 Å². The molecule has 3 nitrogen and oxygen atoms in total. The molecule has 1 aliphatic heterocycles. The molecule has 90 valence electrons. The van der Waals surface area contributed by atoms with Crippen molar-refractivity contribution in [2.75, 3.05) is 32.8 Å². The molecule has 3 heteroatoms. The van der Waals surface area contributed by atoms with Gasteiger partial charge in [0.25, 0.3) is 0 Å². The van der Waals surface area contributed by atoms with Crippen LogP contribution < -0.4 is 0 Å². The van der Waals surface area contributed by atoms with Crippen LogP contribution in [0.2, 0.25) is 0 Å². The first-order chi connectivity index (χ1) is 7.36. The summed E-state index contributed by atoms with van der Waals surface area (Å²) in [5, 5.41) is 0. The summed E-state index contributed by atoms with van der Waals surface area (Å²) in [6, 6.07) is 0. The highest BCUT2D eigenvalue weighted by Crippen LogP contribution is 2.09. The molecule has 0 aromatic rings. The largest absolute Gasteiger partial charge is 0.353 e. The molecule has 0 N–H and O–H groups in total. The number of rotatable bonds is 7. The highest BCUT2D eigenvalue weighted by atomic mass is 16.7. The molecule has 0 spiro atoms. The minimum absolute atomic E-state index is 0.0504. The third-order valence-electron chi connectivity index (χ3n) is 2.85. The van der Waals surface area contributed by atoms with Crippen molar-refractivity contribution in [3.05, 3.63) is 0 Å². The molecule has 0 unspecified atom stereocenters. The van der Waals surface area contributed by atoms with Gasteiger partial charge in [0.05, 0.1) is 13.2 Å². The zero-order valence-corrected chi connectivity index (χ0v) is 10.2. The SMILES string of the molecule is CCCCN(CC)CCC1OCCCO1. The summed E-state index contributed by atoms with van der Waals surface area (Å²) < 4.78 is 11.1. The van der Waals surface area contributed by atoms with E-state index in [9.17, 15) is 0 Å². The third-order valence-corrected chi connectivity index (χ3v) is 2.85. The first kappa shape index (κ1) is 12.9. The van der Waals surface area contributed by atoms with Gasteiger partial charge in [-0.1, -0.05) is 20.3 Å². The average molecular weight is 215 g/mol. The maximum absolute atomic E-state index is 5.53. The van der Waals surface area contributed by atoms with Gasteiger partial charge in [0.2, 0.25) is 0 Å². The third kappa shape index (κ3) is 5.50. The Bertz CT molecular complexity index is 147. The van der Waals surface area contributed by atoms with E-state index in [4.69, 9.17) is 9.47 Å². The fourth-order valence-electron chi connectivity index (χ4n) is 1.80. The smallest absolute Gasteiger partial charge is 0.158 e. The topological polar surface area (TPSA) is 21.7 Å². The second-order valence-corrected chi connectivity index (χ2v) is 4.10. The summed E-state index contributed by atoms with van der Waals surface area (Å²) >= 11 is 0. The van der Waals surface area contributed by atoms with E-state index in [1.165, 1.54) is 19.4 Å². The molecule has 1 heterocycles. The van der Waals surface area contributed by atoms with Gasteiger partial charge < -0.3 is 14.4 Å². The fraction of sp³-hybridized carbons (Fsp3) is 1.00. The van der Waals surface area contributed by atoms with E-state index in [0.29, 0.717) is 0 Å². The molecule has 0 saturated carbocycles. The second-order valence-electron chi connectivity index (χ2n) is 4.10. The minimum atomic E-state index is 0.0504. The highest BCUT2D eigenvalue weighted by Gasteiger charge is 2.14. The van der Waals surface area contributed by atoms with Gasteiger partial charge in [-0.2, -0.15) is 0 Å². The second kappa shape index (κ2) is 8.08. The van der Waals surface area contributed by atoms with Crippen LogP contribution in [0.4, 0.5) is 0 Å². The lowest BCUT2D eigenvalue weighted by Gasteiger charge is -2.26. The van der Waals surface area contributed by atoms with Crippen LogP contribution in [0.1, 0.15) is 39.5 Å². The Labute approximate surface area is 93.7 Å². The summed E-state index contributed by atoms with van der Waals surface area (Å²) in [6.45, 7) is 9.63. The van der Waals surface area contributed by atoms with Gasteiger partial charge in [-0.05, 0) is 25.9 Å². The molecule has 1 rings (SSSR count). The minimum Gasteiger partial charge on any atom is -0.353 e. The van der Waals surface area contributed by atoms with Crippen LogP contribution in [0.3, 0.4) is 0 Å². The maximum atomic E-state index is 5.53. The fourth-order valence-corrected chi connectivity index (χ4v) is 1.80. The summed E-state index contributed by atoms with van der Waals surface area (Å²) in [7, 11) is 0. The van der Waals surface area contributed by atoms with Crippen molar-refractivity contribution < 1.29 is 9.47 Å². The van der Waals surface area contributed by atoms with Gasteiger partial charge in [-0.3, -0.25) is 0 Å². The van der Waals surface area contributed by atoms with Crippen molar-refractivity contribution in [1.29, 1.82) is 0 Å². The average Bonchev–Trinajstić information content (AvgIpc) is 2.31. The lowest BCUT2D eigenvalue weighted by atomic mass is 10.3. The molecule has 0 atom stereocenters. The van der Waals surface area contributed by atoms with Crippen LogP contribution in [0, 0.1) is 0 Å². The molecule has 0 aromatic heterocycles. The molecule has 0 amide bonds. The van der Waals surface area contributed by atoms with E-state index in [1.807, 2.05) is 0 Å². The molecular weight excluding hydrogens is 190 g/mol. The molecule has 0 aromatic carbocycles. The summed E-state index contributed by atoms with van der Waals surface area (Å²) in [4.78, 5) is 2.48. The van der Waals surface area contributed by atoms with Crippen LogP contribution >= 0.6 is 0 Å². The van der Waals surface area contributed by atoms with Gasteiger partial charge >= 0.3 is 0 Å². The zero-order chi connectivity index (χ0) is 10.9. The number of unbranched alkanes of at least 4 members (excludes halogenated alkanes) is 1. The predicted molar refractivity (Wildman–Crippen MR) is 61.9 cm³/mol. The number of nitrogens with zero attached hydrogens (tertiary/aromatic N) is 1. The van der Waals surface area contributed by atoms with Crippen LogP contribution in [0.5, 0.6) is 0 Å². The number of hydrogen-bond acceptors (Lipinski definition) is 3. The van der Waals surface area contributed by atoms with Crippen LogP contribution in [-0.2, 0) is 9.47 Å². The summed E-state index contributed by atoms with van der Waals surface area (Å²) in [5.41, 5.74) is 0. The van der Waals surface area contributed by atoms with E-state index in [0.717, 1.165) is 39.1 Å². The van der Waals surface area contributed by atoms with Crippen molar-refractivity contribution in [3.63, 3.8) is 0 Å². The maximum Gasteiger partial charge on any atom is 0.158 e. The Morgan fingerprint density at radius 1 is 1.13 bits per heavy atom. The van der Waals surface area contributed by atoms with Gasteiger partial charge in [0.15, 0.2) is 6.29 Å². The molecule has 0 bridgehead atoms. The Morgan fingerprint density at radius 3 is 2.47 bits per heavy atom. The molecule has 1 aliphatic rings. The number of ether oxygens (including phenoxy) is 2. The molecular formula is C12H25NO2. The predicted octanol–water partition coefficient (Wildman–Crippen LogP) is 2.26. The van der Waals surface area contributed by atoms with Crippen LogP contribution in [-0.4, -0.2) is 44.0 Å². The monoisotopic (exact) mass is 215 g/mol. The molecule has 0 radical (unpaired) electrons. The van der Waals surface area contributed by atoms with E-state index in [2.05, 4.69) is 18.7 Å². The lowest BCUT2D eigenvalue weighted by molar-refractivity contribution is -0.182. The first-order valence-corrected chi connectivity index (χ1v) is 6.32. The van der Waals surface area contributed by atoms with Crippen molar-refractivity contribution >= 4 is 0 Å². The van der Waals surface area contributed by atoms with Crippen LogP contribution in [0.25, 0.3) is 0 Å². The molecule has 1 fully saturated rings. The van der Waals surface area contributed by atoms with E-state index in [-0.39, 0.29) is 6.29 Å². The molecule has 15 heavy (non-hydrogen) atoms. The molecule has 0 aliphatic carbocycles. The van der Waals surface area contributed by atoms with Crippen molar-refractivity contribution in [1.82, 2.24) is 4.90 Å². The summed E-state index contributed by atoms with van der Waals surface area (Å²) in [5.74, 6) is 0.